The molecule has 0 bridgehead atoms. The molecule has 2 nitrogen and oxygen atoms in total. The number of rotatable bonds is 2. The number of nitrogens with zero attached hydrogens (tertiary/aromatic N) is 1. The molecule has 3 atom stereocenters. The summed E-state index contributed by atoms with van der Waals surface area (Å²) < 4.78 is 0. The largest absolute Gasteiger partial charge is 0.329 e. The fraction of sp³-hybridized carbons (Fsp3) is 0.381. The van der Waals surface area contributed by atoms with E-state index in [1.165, 1.54) is 11.1 Å². The minimum absolute atomic E-state index is 0.0894. The predicted octanol–water partition coefficient (Wildman–Crippen LogP) is 5.28. The summed E-state index contributed by atoms with van der Waals surface area (Å²) in [6.45, 7) is 1.32. The highest BCUT2D eigenvalue weighted by Crippen LogP contribution is 2.54. The van der Waals surface area contributed by atoms with Gasteiger partial charge in [0.15, 0.2) is 0 Å². The minimum atomic E-state index is -0.367. The number of likely N-dealkylation sites (tertiary alicyclic amines) is 1. The quantitative estimate of drug-likeness (QED) is 0.398. The van der Waals surface area contributed by atoms with Crippen LogP contribution in [0.3, 0.4) is 0 Å². The molecule has 0 unspecified atom stereocenters. The molecule has 0 N–H and O–H groups in total. The number of benzene rings is 2. The van der Waals surface area contributed by atoms with Gasteiger partial charge in [0, 0.05) is 23.9 Å². The van der Waals surface area contributed by atoms with E-state index < -0.39 is 0 Å². The van der Waals surface area contributed by atoms with Gasteiger partial charge in [0.1, 0.15) is 0 Å². The first-order valence-electron chi connectivity index (χ1n) is 8.82. The lowest BCUT2D eigenvalue weighted by molar-refractivity contribution is 0.191. The number of carbonyl (C=O) groups excluding carboxylic acids is 1. The molecule has 2 fully saturated rings. The predicted molar refractivity (Wildman–Crippen MR) is 102 cm³/mol. The molecule has 25 heavy (non-hydrogen) atoms. The van der Waals surface area contributed by atoms with E-state index in [-0.39, 0.29) is 28.0 Å². The maximum atomic E-state index is 11.8. The third-order valence-corrected chi connectivity index (χ3v) is 6.88. The molecule has 2 aliphatic rings. The van der Waals surface area contributed by atoms with E-state index in [2.05, 4.69) is 60.7 Å². The van der Waals surface area contributed by atoms with E-state index in [9.17, 15) is 4.79 Å². The Kier molecular flexibility index (Phi) is 4.51. The molecule has 0 spiro atoms. The first-order valence-corrected chi connectivity index (χ1v) is 9.64. The standard InChI is InChI=1S/C21H21Cl2NO/c22-19-11-12-21(15-7-3-1-4-8-15,16-9-5-2-6-10-16)18-14-24(20(23)25)13-17(18)19/h1-10,17-19H,11-14H2/t17-,18+,19+/m0/s1. The summed E-state index contributed by atoms with van der Waals surface area (Å²) in [6.07, 6.45) is 1.93. The Bertz CT molecular complexity index is 710. The molecular formula is C21H21Cl2NO. The van der Waals surface area contributed by atoms with Crippen molar-refractivity contribution in [3.8, 4) is 0 Å². The van der Waals surface area contributed by atoms with Crippen LogP contribution in [0.1, 0.15) is 24.0 Å². The second-order valence-electron chi connectivity index (χ2n) is 7.19. The second-order valence-corrected chi connectivity index (χ2v) is 8.07. The second kappa shape index (κ2) is 6.66. The number of hydrogen-bond acceptors (Lipinski definition) is 1. The van der Waals surface area contributed by atoms with E-state index in [0.29, 0.717) is 13.1 Å². The molecule has 0 aromatic heterocycles. The average Bonchev–Trinajstić information content (AvgIpc) is 3.11. The summed E-state index contributed by atoms with van der Waals surface area (Å²) in [5.74, 6) is 0.537. The van der Waals surface area contributed by atoms with Crippen LogP contribution in [-0.2, 0) is 5.41 Å². The van der Waals surface area contributed by atoms with E-state index in [0.717, 1.165) is 12.8 Å². The van der Waals surface area contributed by atoms with Gasteiger partial charge < -0.3 is 4.90 Å². The molecule has 0 radical (unpaired) electrons. The van der Waals surface area contributed by atoms with Gasteiger partial charge in [-0.2, -0.15) is 0 Å². The summed E-state index contributed by atoms with van der Waals surface area (Å²) in [6, 6.07) is 21.3. The number of amides is 1. The number of alkyl halides is 1. The van der Waals surface area contributed by atoms with Crippen LogP contribution in [0.4, 0.5) is 4.79 Å². The Morgan fingerprint density at radius 2 is 1.52 bits per heavy atom. The molecule has 1 aliphatic heterocycles. The highest BCUT2D eigenvalue weighted by atomic mass is 35.5. The summed E-state index contributed by atoms with van der Waals surface area (Å²) >= 11 is 12.5. The van der Waals surface area contributed by atoms with Crippen LogP contribution in [0.25, 0.3) is 0 Å². The average molecular weight is 374 g/mol. The fourth-order valence-electron chi connectivity index (χ4n) is 4.98. The lowest BCUT2D eigenvalue weighted by Crippen LogP contribution is -2.47. The smallest absolute Gasteiger partial charge is 0.316 e. The van der Waals surface area contributed by atoms with E-state index in [1.54, 1.807) is 4.90 Å². The maximum Gasteiger partial charge on any atom is 0.316 e. The van der Waals surface area contributed by atoms with Gasteiger partial charge in [0.2, 0.25) is 0 Å². The van der Waals surface area contributed by atoms with Crippen molar-refractivity contribution in [1.82, 2.24) is 4.90 Å². The van der Waals surface area contributed by atoms with Crippen molar-refractivity contribution in [3.05, 3.63) is 71.8 Å². The third-order valence-electron chi connectivity index (χ3n) is 6.10. The number of hydrogen-bond donors (Lipinski definition) is 0. The minimum Gasteiger partial charge on any atom is -0.329 e. The van der Waals surface area contributed by atoms with E-state index >= 15 is 0 Å². The molecule has 4 heteroatoms. The van der Waals surface area contributed by atoms with Gasteiger partial charge in [-0.15, -0.1) is 11.6 Å². The van der Waals surface area contributed by atoms with Crippen molar-refractivity contribution >= 4 is 28.6 Å². The number of fused-ring (bicyclic) bond motifs is 1. The van der Waals surface area contributed by atoms with Gasteiger partial charge in [-0.3, -0.25) is 4.79 Å². The molecule has 1 saturated heterocycles. The maximum absolute atomic E-state index is 11.8. The topological polar surface area (TPSA) is 20.3 Å². The Balaban J connectivity index is 1.87. The van der Waals surface area contributed by atoms with Gasteiger partial charge in [-0.25, -0.2) is 0 Å². The van der Waals surface area contributed by atoms with Crippen molar-refractivity contribution in [3.63, 3.8) is 0 Å². The molecule has 130 valence electrons. The normalized spacial score (nSPS) is 27.8. The molecule has 4 rings (SSSR count). The van der Waals surface area contributed by atoms with Gasteiger partial charge in [0.05, 0.1) is 0 Å². The van der Waals surface area contributed by atoms with Gasteiger partial charge in [-0.05, 0) is 47.4 Å². The Hall–Kier alpha value is -1.51. The molecule has 1 amide bonds. The highest BCUT2D eigenvalue weighted by molar-refractivity contribution is 6.62. The molecule has 2 aromatic carbocycles. The van der Waals surface area contributed by atoms with Crippen molar-refractivity contribution in [2.45, 2.75) is 23.6 Å². The van der Waals surface area contributed by atoms with Crippen LogP contribution in [0, 0.1) is 11.8 Å². The van der Waals surface area contributed by atoms with Crippen LogP contribution >= 0.6 is 23.2 Å². The summed E-state index contributed by atoms with van der Waals surface area (Å²) in [7, 11) is 0. The fourth-order valence-corrected chi connectivity index (χ4v) is 5.48. The van der Waals surface area contributed by atoms with E-state index in [1.807, 2.05) is 0 Å². The first kappa shape index (κ1) is 16.9. The van der Waals surface area contributed by atoms with Gasteiger partial charge in [-0.1, -0.05) is 60.7 Å². The molecule has 1 heterocycles. The van der Waals surface area contributed by atoms with Crippen molar-refractivity contribution < 1.29 is 4.79 Å². The van der Waals surface area contributed by atoms with Crippen LogP contribution < -0.4 is 0 Å². The summed E-state index contributed by atoms with van der Waals surface area (Å²) in [4.78, 5) is 13.6. The van der Waals surface area contributed by atoms with Crippen LogP contribution in [-0.4, -0.2) is 28.7 Å². The number of carbonyl (C=O) groups is 1. The van der Waals surface area contributed by atoms with Crippen molar-refractivity contribution in [2.75, 3.05) is 13.1 Å². The van der Waals surface area contributed by atoms with Crippen LogP contribution in [0.5, 0.6) is 0 Å². The Labute approximate surface area is 158 Å². The Morgan fingerprint density at radius 1 is 0.960 bits per heavy atom. The molecular weight excluding hydrogens is 353 g/mol. The molecule has 2 aromatic rings. The van der Waals surface area contributed by atoms with E-state index in [4.69, 9.17) is 23.2 Å². The Morgan fingerprint density at radius 3 is 2.04 bits per heavy atom. The monoisotopic (exact) mass is 373 g/mol. The highest BCUT2D eigenvalue weighted by Gasteiger charge is 2.54. The van der Waals surface area contributed by atoms with Gasteiger partial charge >= 0.3 is 5.37 Å². The zero-order valence-electron chi connectivity index (χ0n) is 13.9. The third kappa shape index (κ3) is 2.76. The summed E-state index contributed by atoms with van der Waals surface area (Å²) in [5, 5.41) is -0.278. The molecule has 1 saturated carbocycles. The zero-order chi connectivity index (χ0) is 17.4. The lowest BCUT2D eigenvalue weighted by atomic mass is 9.56. The van der Waals surface area contributed by atoms with Crippen LogP contribution in [0.2, 0.25) is 0 Å². The SMILES string of the molecule is O=C(Cl)N1C[C@@H]2[C@H](Cl)CCC(c3ccccc3)(c3ccccc3)[C@@H]2C1. The van der Waals surface area contributed by atoms with Crippen LogP contribution in [0.15, 0.2) is 60.7 Å². The van der Waals surface area contributed by atoms with Crippen molar-refractivity contribution in [1.29, 1.82) is 0 Å². The van der Waals surface area contributed by atoms with Gasteiger partial charge in [0.25, 0.3) is 0 Å². The molecule has 1 aliphatic carbocycles. The zero-order valence-corrected chi connectivity index (χ0v) is 15.5. The number of halogens is 2. The summed E-state index contributed by atoms with van der Waals surface area (Å²) in [5.41, 5.74) is 2.49. The lowest BCUT2D eigenvalue weighted by Gasteiger charge is -2.48. The van der Waals surface area contributed by atoms with Crippen molar-refractivity contribution in [2.24, 2.45) is 11.8 Å². The first-order chi connectivity index (χ1) is 12.1.